The van der Waals surface area contributed by atoms with Crippen molar-refractivity contribution in [2.24, 2.45) is 5.14 Å². The van der Waals surface area contributed by atoms with Crippen molar-refractivity contribution in [1.29, 1.82) is 0 Å². The van der Waals surface area contributed by atoms with Gasteiger partial charge in [-0.15, -0.1) is 0 Å². The number of pyridine rings is 1. The molecule has 4 rings (SSSR count). The molecule has 0 fully saturated rings. The second kappa shape index (κ2) is 8.72. The fraction of sp³-hybridized carbons (Fsp3) is 0.0476. The first-order chi connectivity index (χ1) is 14.9. The van der Waals surface area contributed by atoms with E-state index in [1.807, 2.05) is 30.3 Å². The standard InChI is InChI=1S/C21H19N5O3S2/c22-21-26-19(15-6-2-1-3-7-15)20(30-21)29-17-9-10-24-18(12-17)25-16-8-4-5-14(11-16)13-31(23,27)28/h1-12H,13H2,(H2,22,26)(H,24,25)(H2,23,27,28). The van der Waals surface area contributed by atoms with Crippen molar-refractivity contribution < 1.29 is 13.2 Å². The molecule has 4 aromatic rings. The second-order valence-electron chi connectivity index (χ2n) is 6.67. The highest BCUT2D eigenvalue weighted by Crippen LogP contribution is 2.39. The van der Waals surface area contributed by atoms with E-state index in [0.717, 1.165) is 5.56 Å². The van der Waals surface area contributed by atoms with Gasteiger partial charge in [-0.25, -0.2) is 23.5 Å². The molecular formula is C21H19N5O3S2. The fourth-order valence-corrected chi connectivity index (χ4v) is 4.31. The molecular weight excluding hydrogens is 434 g/mol. The van der Waals surface area contributed by atoms with E-state index >= 15 is 0 Å². The molecule has 2 aromatic carbocycles. The van der Waals surface area contributed by atoms with Crippen LogP contribution in [0.3, 0.4) is 0 Å². The number of benzene rings is 2. The largest absolute Gasteiger partial charge is 0.444 e. The summed E-state index contributed by atoms with van der Waals surface area (Å²) in [6, 6.07) is 20.1. The van der Waals surface area contributed by atoms with Gasteiger partial charge in [0, 0.05) is 23.5 Å². The van der Waals surface area contributed by atoms with Crippen molar-refractivity contribution in [3.05, 3.63) is 78.5 Å². The number of nitrogens with zero attached hydrogens (tertiary/aromatic N) is 2. The molecule has 0 radical (unpaired) electrons. The zero-order valence-corrected chi connectivity index (χ0v) is 17.9. The van der Waals surface area contributed by atoms with Gasteiger partial charge in [0.15, 0.2) is 5.13 Å². The van der Waals surface area contributed by atoms with E-state index in [-0.39, 0.29) is 5.75 Å². The molecule has 0 unspecified atom stereocenters. The normalized spacial score (nSPS) is 11.3. The van der Waals surface area contributed by atoms with Crippen molar-refractivity contribution in [3.8, 4) is 22.1 Å². The van der Waals surface area contributed by atoms with Gasteiger partial charge in [0.25, 0.3) is 0 Å². The Morgan fingerprint density at radius 1 is 1.03 bits per heavy atom. The van der Waals surface area contributed by atoms with Crippen molar-refractivity contribution >= 4 is 38.0 Å². The van der Waals surface area contributed by atoms with E-state index in [9.17, 15) is 8.42 Å². The summed E-state index contributed by atoms with van der Waals surface area (Å²) in [6.07, 6.45) is 1.61. The van der Waals surface area contributed by atoms with Gasteiger partial charge in [-0.05, 0) is 23.8 Å². The molecule has 5 N–H and O–H groups in total. The molecule has 2 heterocycles. The third-order valence-corrected chi connectivity index (χ3v) is 5.67. The Balaban J connectivity index is 1.55. The maximum Gasteiger partial charge on any atom is 0.213 e. The monoisotopic (exact) mass is 453 g/mol. The summed E-state index contributed by atoms with van der Waals surface area (Å²) in [5.41, 5.74) is 8.74. The number of hydrogen-bond acceptors (Lipinski definition) is 8. The van der Waals surface area contributed by atoms with Crippen LogP contribution < -0.4 is 20.9 Å². The SMILES string of the molecule is Nc1nc(-c2ccccc2)c(Oc2ccnc(Nc3cccc(CS(N)(=O)=O)c3)c2)s1. The first-order valence-electron chi connectivity index (χ1n) is 9.18. The molecule has 0 bridgehead atoms. The number of thiazole rings is 1. The summed E-state index contributed by atoms with van der Waals surface area (Å²) in [6.45, 7) is 0. The molecule has 0 atom stereocenters. The number of primary sulfonamides is 1. The maximum atomic E-state index is 11.3. The van der Waals surface area contributed by atoms with Crippen LogP contribution in [0.4, 0.5) is 16.6 Å². The van der Waals surface area contributed by atoms with Crippen molar-refractivity contribution in [1.82, 2.24) is 9.97 Å². The minimum Gasteiger partial charge on any atom is -0.444 e. The van der Waals surface area contributed by atoms with Crippen molar-refractivity contribution in [3.63, 3.8) is 0 Å². The van der Waals surface area contributed by atoms with Gasteiger partial charge in [0.05, 0.1) is 5.75 Å². The fourth-order valence-electron chi connectivity index (χ4n) is 2.94. The topological polar surface area (TPSA) is 133 Å². The number of hydrogen-bond donors (Lipinski definition) is 3. The van der Waals surface area contributed by atoms with Crippen LogP contribution in [0.1, 0.15) is 5.56 Å². The molecule has 0 saturated heterocycles. The van der Waals surface area contributed by atoms with Crippen LogP contribution in [-0.4, -0.2) is 18.4 Å². The first kappa shape index (κ1) is 20.8. The Kier molecular flexibility index (Phi) is 5.85. The minimum atomic E-state index is -3.61. The van der Waals surface area contributed by atoms with Gasteiger partial charge in [0.1, 0.15) is 17.3 Å². The Morgan fingerprint density at radius 2 is 1.84 bits per heavy atom. The lowest BCUT2D eigenvalue weighted by Crippen LogP contribution is -2.14. The molecule has 0 amide bonds. The Labute approximate surface area is 183 Å². The summed E-state index contributed by atoms with van der Waals surface area (Å²) >= 11 is 1.26. The molecule has 0 saturated carbocycles. The van der Waals surface area contributed by atoms with E-state index in [2.05, 4.69) is 15.3 Å². The number of nitrogen functional groups attached to an aromatic ring is 1. The maximum absolute atomic E-state index is 11.3. The lowest BCUT2D eigenvalue weighted by Gasteiger charge is -2.10. The average molecular weight is 454 g/mol. The van der Waals surface area contributed by atoms with Crippen molar-refractivity contribution in [2.75, 3.05) is 11.1 Å². The zero-order valence-electron chi connectivity index (χ0n) is 16.2. The molecule has 158 valence electrons. The van der Waals surface area contributed by atoms with Gasteiger partial charge in [-0.3, -0.25) is 0 Å². The third-order valence-electron chi connectivity index (χ3n) is 4.17. The van der Waals surface area contributed by atoms with E-state index in [1.54, 1.807) is 42.6 Å². The summed E-state index contributed by atoms with van der Waals surface area (Å²) in [5, 5.41) is 9.26. The predicted octanol–water partition coefficient (Wildman–Crippen LogP) is 4.11. The van der Waals surface area contributed by atoms with Crippen LogP contribution in [0.25, 0.3) is 11.3 Å². The van der Waals surface area contributed by atoms with E-state index < -0.39 is 10.0 Å². The highest BCUT2D eigenvalue weighted by molar-refractivity contribution is 7.88. The first-order valence-corrected chi connectivity index (χ1v) is 11.7. The number of nitrogens with one attached hydrogen (secondary N) is 1. The highest BCUT2D eigenvalue weighted by Gasteiger charge is 2.14. The third kappa shape index (κ3) is 5.57. The van der Waals surface area contributed by atoms with Crippen LogP contribution in [-0.2, 0) is 15.8 Å². The summed E-state index contributed by atoms with van der Waals surface area (Å²) in [7, 11) is -3.61. The minimum absolute atomic E-state index is 0.242. The van der Waals surface area contributed by atoms with Crippen molar-refractivity contribution in [2.45, 2.75) is 5.75 Å². The summed E-state index contributed by atoms with van der Waals surface area (Å²) in [4.78, 5) is 8.68. The van der Waals surface area contributed by atoms with E-state index in [4.69, 9.17) is 15.6 Å². The second-order valence-corrected chi connectivity index (χ2v) is 9.27. The number of anilines is 3. The van der Waals surface area contributed by atoms with Crippen LogP contribution in [0, 0.1) is 0 Å². The molecule has 8 nitrogen and oxygen atoms in total. The molecule has 2 aromatic heterocycles. The molecule has 31 heavy (non-hydrogen) atoms. The van der Waals surface area contributed by atoms with Gasteiger partial charge >= 0.3 is 0 Å². The van der Waals surface area contributed by atoms with Crippen LogP contribution >= 0.6 is 11.3 Å². The zero-order chi connectivity index (χ0) is 21.8. The number of nitrogens with two attached hydrogens (primary N) is 2. The molecule has 10 heteroatoms. The Bertz CT molecular complexity index is 1310. The Hall–Kier alpha value is -3.47. The van der Waals surface area contributed by atoms with Crippen LogP contribution in [0.2, 0.25) is 0 Å². The van der Waals surface area contributed by atoms with Gasteiger partial charge in [0.2, 0.25) is 15.1 Å². The molecule has 0 aliphatic carbocycles. The lowest BCUT2D eigenvalue weighted by atomic mass is 10.2. The van der Waals surface area contributed by atoms with Gasteiger partial charge < -0.3 is 15.8 Å². The lowest BCUT2D eigenvalue weighted by molar-refractivity contribution is 0.496. The molecule has 0 spiro atoms. The van der Waals surface area contributed by atoms with Crippen LogP contribution in [0.5, 0.6) is 10.8 Å². The van der Waals surface area contributed by atoms with E-state index in [1.165, 1.54) is 11.3 Å². The smallest absolute Gasteiger partial charge is 0.213 e. The Morgan fingerprint density at radius 3 is 2.61 bits per heavy atom. The molecule has 0 aliphatic heterocycles. The van der Waals surface area contributed by atoms with E-state index in [0.29, 0.717) is 38.7 Å². The predicted molar refractivity (Wildman–Crippen MR) is 123 cm³/mol. The summed E-state index contributed by atoms with van der Waals surface area (Å²) in [5.74, 6) is 0.844. The summed E-state index contributed by atoms with van der Waals surface area (Å²) < 4.78 is 28.7. The quantitative estimate of drug-likeness (QED) is 0.383. The van der Waals surface area contributed by atoms with Crippen LogP contribution in [0.15, 0.2) is 72.9 Å². The number of aromatic nitrogens is 2. The number of sulfonamides is 1. The highest BCUT2D eigenvalue weighted by atomic mass is 32.2. The molecule has 0 aliphatic rings. The number of ether oxygens (including phenoxy) is 1. The van der Waals surface area contributed by atoms with Gasteiger partial charge in [-0.2, -0.15) is 0 Å². The average Bonchev–Trinajstić information content (AvgIpc) is 3.08. The number of rotatable bonds is 7. The van der Waals surface area contributed by atoms with Gasteiger partial charge in [-0.1, -0.05) is 53.8 Å².